The quantitative estimate of drug-likeness (QED) is 0.735. The van der Waals surface area contributed by atoms with Gasteiger partial charge in [0.2, 0.25) is 0 Å². The third-order valence-electron chi connectivity index (χ3n) is 2.47. The van der Waals surface area contributed by atoms with Crippen molar-refractivity contribution in [3.8, 4) is 11.8 Å². The highest BCUT2D eigenvalue weighted by molar-refractivity contribution is 5.81. The lowest BCUT2D eigenvalue weighted by atomic mass is 10.2. The van der Waals surface area contributed by atoms with E-state index >= 15 is 0 Å². The summed E-state index contributed by atoms with van der Waals surface area (Å²) in [6.07, 6.45) is 1.89. The Balaban J connectivity index is 2.05. The average Bonchev–Trinajstić information content (AvgIpc) is 2.64. The van der Waals surface area contributed by atoms with Crippen molar-refractivity contribution in [2.45, 2.75) is 25.4 Å². The molecule has 0 bridgehead atoms. The zero-order valence-corrected chi connectivity index (χ0v) is 8.27. The standard InChI is InChI=1S/C12H11NO2/c13-8-9-2-1-3-11(6-9)15-12-5-4-10(14)7-12/h1-3,6,12H,4-5,7H2. The lowest BCUT2D eigenvalue weighted by Gasteiger charge is -2.11. The first-order valence-electron chi connectivity index (χ1n) is 4.96. The largest absolute Gasteiger partial charge is 0.490 e. The summed E-state index contributed by atoms with van der Waals surface area (Å²) in [7, 11) is 0. The summed E-state index contributed by atoms with van der Waals surface area (Å²) in [5, 5.41) is 8.71. The van der Waals surface area contributed by atoms with Crippen LogP contribution in [0, 0.1) is 11.3 Å². The van der Waals surface area contributed by atoms with Gasteiger partial charge in [-0.3, -0.25) is 4.79 Å². The zero-order valence-electron chi connectivity index (χ0n) is 8.27. The van der Waals surface area contributed by atoms with Crippen LogP contribution in [0.3, 0.4) is 0 Å². The highest BCUT2D eigenvalue weighted by Crippen LogP contribution is 2.22. The van der Waals surface area contributed by atoms with E-state index in [9.17, 15) is 4.79 Å². The Morgan fingerprint density at radius 1 is 1.47 bits per heavy atom. The predicted octanol–water partition coefficient (Wildman–Crippen LogP) is 2.06. The topological polar surface area (TPSA) is 50.1 Å². The number of nitriles is 1. The van der Waals surface area contributed by atoms with Crippen LogP contribution in [-0.4, -0.2) is 11.9 Å². The van der Waals surface area contributed by atoms with Gasteiger partial charge in [0.05, 0.1) is 11.6 Å². The van der Waals surface area contributed by atoms with Gasteiger partial charge in [0.25, 0.3) is 0 Å². The summed E-state index contributed by atoms with van der Waals surface area (Å²) in [4.78, 5) is 11.0. The van der Waals surface area contributed by atoms with E-state index in [0.717, 1.165) is 6.42 Å². The molecule has 1 saturated carbocycles. The number of carbonyl (C=O) groups is 1. The van der Waals surface area contributed by atoms with Crippen LogP contribution < -0.4 is 4.74 Å². The minimum absolute atomic E-state index is 0.00792. The number of Topliss-reactive ketones (excluding diaryl/α,β-unsaturated/α-hetero) is 1. The van der Waals surface area contributed by atoms with Crippen LogP contribution in [0.5, 0.6) is 5.75 Å². The maximum atomic E-state index is 11.0. The van der Waals surface area contributed by atoms with Gasteiger partial charge in [0.1, 0.15) is 17.6 Å². The predicted molar refractivity (Wildman–Crippen MR) is 54.4 cm³/mol. The van der Waals surface area contributed by atoms with Gasteiger partial charge in [-0.05, 0) is 24.6 Å². The van der Waals surface area contributed by atoms with Crippen LogP contribution in [-0.2, 0) is 4.79 Å². The normalized spacial score (nSPS) is 19.9. The van der Waals surface area contributed by atoms with E-state index in [0.29, 0.717) is 24.2 Å². The molecule has 0 aliphatic heterocycles. The van der Waals surface area contributed by atoms with Gasteiger partial charge in [-0.15, -0.1) is 0 Å². The fourth-order valence-electron chi connectivity index (χ4n) is 1.71. The highest BCUT2D eigenvalue weighted by Gasteiger charge is 2.23. The van der Waals surface area contributed by atoms with E-state index < -0.39 is 0 Å². The van der Waals surface area contributed by atoms with E-state index in [2.05, 4.69) is 6.07 Å². The summed E-state index contributed by atoms with van der Waals surface area (Å²) in [6, 6.07) is 9.07. The van der Waals surface area contributed by atoms with Crippen LogP contribution in [0.15, 0.2) is 24.3 Å². The highest BCUT2D eigenvalue weighted by atomic mass is 16.5. The second-order valence-corrected chi connectivity index (χ2v) is 3.66. The molecule has 15 heavy (non-hydrogen) atoms. The van der Waals surface area contributed by atoms with E-state index in [1.807, 2.05) is 6.07 Å². The Hall–Kier alpha value is -1.82. The summed E-state index contributed by atoms with van der Waals surface area (Å²) < 4.78 is 5.62. The zero-order chi connectivity index (χ0) is 10.7. The molecule has 0 spiro atoms. The molecule has 0 heterocycles. The van der Waals surface area contributed by atoms with Crippen molar-refractivity contribution < 1.29 is 9.53 Å². The van der Waals surface area contributed by atoms with Crippen molar-refractivity contribution in [1.29, 1.82) is 5.26 Å². The van der Waals surface area contributed by atoms with Gasteiger partial charge in [0.15, 0.2) is 0 Å². The molecule has 3 nitrogen and oxygen atoms in total. The van der Waals surface area contributed by atoms with Crippen molar-refractivity contribution in [2.75, 3.05) is 0 Å². The Kier molecular flexibility index (Phi) is 2.68. The number of hydrogen-bond donors (Lipinski definition) is 0. The SMILES string of the molecule is N#Cc1cccc(OC2CCC(=O)C2)c1. The second kappa shape index (κ2) is 4.14. The van der Waals surface area contributed by atoms with Crippen LogP contribution in [0.2, 0.25) is 0 Å². The van der Waals surface area contributed by atoms with E-state index in [1.165, 1.54) is 0 Å². The molecule has 1 aromatic rings. The molecule has 1 unspecified atom stereocenters. The summed E-state index contributed by atoms with van der Waals surface area (Å²) in [5.41, 5.74) is 0.580. The minimum Gasteiger partial charge on any atom is -0.490 e. The fourth-order valence-corrected chi connectivity index (χ4v) is 1.71. The van der Waals surface area contributed by atoms with Crippen molar-refractivity contribution in [1.82, 2.24) is 0 Å². The Labute approximate surface area is 88.3 Å². The number of carbonyl (C=O) groups excluding carboxylic acids is 1. The Morgan fingerprint density at radius 2 is 2.33 bits per heavy atom. The van der Waals surface area contributed by atoms with Crippen molar-refractivity contribution in [3.63, 3.8) is 0 Å². The van der Waals surface area contributed by atoms with Crippen LogP contribution in [0.25, 0.3) is 0 Å². The smallest absolute Gasteiger partial charge is 0.136 e. The molecular formula is C12H11NO2. The molecule has 1 aromatic carbocycles. The number of hydrogen-bond acceptors (Lipinski definition) is 3. The summed E-state index contributed by atoms with van der Waals surface area (Å²) in [6.45, 7) is 0. The number of rotatable bonds is 2. The van der Waals surface area contributed by atoms with Crippen LogP contribution >= 0.6 is 0 Å². The summed E-state index contributed by atoms with van der Waals surface area (Å²) in [5.74, 6) is 0.935. The molecule has 0 radical (unpaired) electrons. The Morgan fingerprint density at radius 3 is 3.00 bits per heavy atom. The molecule has 0 amide bonds. The van der Waals surface area contributed by atoms with Crippen molar-refractivity contribution in [3.05, 3.63) is 29.8 Å². The van der Waals surface area contributed by atoms with Gasteiger partial charge >= 0.3 is 0 Å². The number of nitrogens with zero attached hydrogens (tertiary/aromatic N) is 1. The third kappa shape index (κ3) is 2.35. The van der Waals surface area contributed by atoms with Gasteiger partial charge < -0.3 is 4.74 Å². The van der Waals surface area contributed by atoms with E-state index in [1.54, 1.807) is 18.2 Å². The first-order chi connectivity index (χ1) is 7.28. The number of ether oxygens (including phenoxy) is 1. The van der Waals surface area contributed by atoms with Gasteiger partial charge in [-0.2, -0.15) is 5.26 Å². The average molecular weight is 201 g/mol. The maximum Gasteiger partial charge on any atom is 0.136 e. The molecule has 1 aliphatic carbocycles. The molecule has 1 aliphatic rings. The maximum absolute atomic E-state index is 11.0. The van der Waals surface area contributed by atoms with Gasteiger partial charge in [0, 0.05) is 12.8 Å². The molecule has 1 fully saturated rings. The van der Waals surface area contributed by atoms with Gasteiger partial charge in [-0.25, -0.2) is 0 Å². The summed E-state index contributed by atoms with van der Waals surface area (Å²) >= 11 is 0. The molecule has 76 valence electrons. The van der Waals surface area contributed by atoms with Crippen molar-refractivity contribution in [2.24, 2.45) is 0 Å². The first kappa shape index (κ1) is 9.72. The molecule has 0 aromatic heterocycles. The van der Waals surface area contributed by atoms with Crippen molar-refractivity contribution >= 4 is 5.78 Å². The van der Waals surface area contributed by atoms with Gasteiger partial charge in [-0.1, -0.05) is 6.07 Å². The monoisotopic (exact) mass is 201 g/mol. The molecule has 2 rings (SSSR count). The number of benzene rings is 1. The van der Waals surface area contributed by atoms with E-state index in [-0.39, 0.29) is 11.9 Å². The molecule has 0 saturated heterocycles. The fraction of sp³-hybridized carbons (Fsp3) is 0.333. The van der Waals surface area contributed by atoms with Crippen LogP contribution in [0.4, 0.5) is 0 Å². The Bertz CT molecular complexity index is 420. The first-order valence-corrected chi connectivity index (χ1v) is 4.96. The number of ketones is 1. The molecular weight excluding hydrogens is 190 g/mol. The molecule has 3 heteroatoms. The van der Waals surface area contributed by atoms with Crippen LogP contribution in [0.1, 0.15) is 24.8 Å². The lowest BCUT2D eigenvalue weighted by molar-refractivity contribution is -0.117. The minimum atomic E-state index is -0.00792. The molecule has 0 N–H and O–H groups in total. The second-order valence-electron chi connectivity index (χ2n) is 3.66. The molecule has 1 atom stereocenters. The van der Waals surface area contributed by atoms with E-state index in [4.69, 9.17) is 10.00 Å². The lowest BCUT2D eigenvalue weighted by Crippen LogP contribution is -2.11. The third-order valence-corrected chi connectivity index (χ3v) is 2.47.